The van der Waals surface area contributed by atoms with Crippen molar-refractivity contribution in [3.63, 3.8) is 0 Å². The topological polar surface area (TPSA) is 39.1 Å². The lowest BCUT2D eigenvalue weighted by atomic mass is 9.92. The molecule has 0 aromatic carbocycles. The monoisotopic (exact) mass is 237 g/mol. The highest BCUT2D eigenvalue weighted by Gasteiger charge is 2.25. The molecule has 0 spiro atoms. The van der Waals surface area contributed by atoms with E-state index in [4.69, 9.17) is 4.74 Å². The van der Waals surface area contributed by atoms with Gasteiger partial charge < -0.3 is 10.1 Å². The highest BCUT2D eigenvalue weighted by molar-refractivity contribution is 5.47. The van der Waals surface area contributed by atoms with Crippen molar-refractivity contribution in [1.82, 2.24) is 9.78 Å². The normalized spacial score (nSPS) is 24.9. The Hall–Kier alpha value is -1.03. The van der Waals surface area contributed by atoms with E-state index >= 15 is 0 Å². The quantitative estimate of drug-likeness (QED) is 0.873. The summed E-state index contributed by atoms with van der Waals surface area (Å²) in [6.07, 6.45) is 8.30. The maximum Gasteiger partial charge on any atom is 0.0853 e. The number of ether oxygens (including phenoxy) is 1. The predicted molar refractivity (Wildman–Crippen MR) is 69.3 cm³/mol. The van der Waals surface area contributed by atoms with Gasteiger partial charge in [-0.05, 0) is 19.3 Å². The van der Waals surface area contributed by atoms with Gasteiger partial charge in [-0.1, -0.05) is 19.8 Å². The summed E-state index contributed by atoms with van der Waals surface area (Å²) < 4.78 is 7.45. The molecule has 2 rings (SSSR count). The van der Waals surface area contributed by atoms with Gasteiger partial charge in [-0.2, -0.15) is 5.10 Å². The molecular formula is C13H23N3O. The number of anilines is 1. The predicted octanol–water partition coefficient (Wildman–Crippen LogP) is 2.35. The maximum absolute atomic E-state index is 5.57. The van der Waals surface area contributed by atoms with E-state index in [2.05, 4.69) is 23.5 Å². The SMILES string of the molecule is CCc1nn(C)cc1NC1CCCCC1OC. The molecule has 1 fully saturated rings. The molecule has 1 heterocycles. The fourth-order valence-corrected chi connectivity index (χ4v) is 2.66. The van der Waals surface area contributed by atoms with Crippen LogP contribution in [0.5, 0.6) is 0 Å². The third-order valence-electron chi connectivity index (χ3n) is 3.59. The van der Waals surface area contributed by atoms with Crippen LogP contribution >= 0.6 is 0 Å². The van der Waals surface area contributed by atoms with Crippen LogP contribution in [-0.2, 0) is 18.2 Å². The Kier molecular flexibility index (Phi) is 4.05. The first-order valence-electron chi connectivity index (χ1n) is 6.56. The molecule has 17 heavy (non-hydrogen) atoms. The molecule has 1 N–H and O–H groups in total. The summed E-state index contributed by atoms with van der Waals surface area (Å²) in [6.45, 7) is 2.14. The molecule has 0 aliphatic heterocycles. The van der Waals surface area contributed by atoms with Gasteiger partial charge >= 0.3 is 0 Å². The molecule has 96 valence electrons. The number of hydrogen-bond acceptors (Lipinski definition) is 3. The summed E-state index contributed by atoms with van der Waals surface area (Å²) in [7, 11) is 3.79. The van der Waals surface area contributed by atoms with Crippen LogP contribution in [0.25, 0.3) is 0 Å². The molecule has 1 aliphatic rings. The zero-order valence-corrected chi connectivity index (χ0v) is 11.1. The van der Waals surface area contributed by atoms with Crippen molar-refractivity contribution in [2.24, 2.45) is 7.05 Å². The van der Waals surface area contributed by atoms with Crippen LogP contribution < -0.4 is 5.32 Å². The third-order valence-corrected chi connectivity index (χ3v) is 3.59. The second kappa shape index (κ2) is 5.54. The van der Waals surface area contributed by atoms with Gasteiger partial charge in [-0.15, -0.1) is 0 Å². The van der Waals surface area contributed by atoms with Crippen LogP contribution in [0.15, 0.2) is 6.20 Å². The van der Waals surface area contributed by atoms with Gasteiger partial charge in [0.05, 0.1) is 23.5 Å². The average Bonchev–Trinajstić information content (AvgIpc) is 2.70. The Morgan fingerprint density at radius 3 is 2.94 bits per heavy atom. The van der Waals surface area contributed by atoms with Crippen LogP contribution in [0.2, 0.25) is 0 Å². The Morgan fingerprint density at radius 2 is 2.24 bits per heavy atom. The molecule has 1 aromatic heterocycles. The molecule has 1 aliphatic carbocycles. The van der Waals surface area contributed by atoms with E-state index in [1.807, 2.05) is 18.8 Å². The van der Waals surface area contributed by atoms with Crippen molar-refractivity contribution < 1.29 is 4.74 Å². The van der Waals surface area contributed by atoms with Crippen molar-refractivity contribution >= 4 is 5.69 Å². The van der Waals surface area contributed by atoms with E-state index in [1.165, 1.54) is 24.9 Å². The molecule has 0 radical (unpaired) electrons. The van der Waals surface area contributed by atoms with E-state index in [0.29, 0.717) is 12.1 Å². The number of nitrogens with one attached hydrogen (secondary N) is 1. The Bertz CT molecular complexity index is 362. The molecule has 2 unspecified atom stereocenters. The lowest BCUT2D eigenvalue weighted by Gasteiger charge is -2.31. The lowest BCUT2D eigenvalue weighted by molar-refractivity contribution is 0.0606. The van der Waals surface area contributed by atoms with Gasteiger partial charge in [0, 0.05) is 20.4 Å². The van der Waals surface area contributed by atoms with E-state index < -0.39 is 0 Å². The number of aromatic nitrogens is 2. The van der Waals surface area contributed by atoms with E-state index in [-0.39, 0.29) is 0 Å². The number of rotatable bonds is 4. The Labute approximate surface area is 103 Å². The highest BCUT2D eigenvalue weighted by Crippen LogP contribution is 2.25. The first-order chi connectivity index (χ1) is 8.24. The Balaban J connectivity index is 2.07. The van der Waals surface area contributed by atoms with E-state index in [9.17, 15) is 0 Å². The smallest absolute Gasteiger partial charge is 0.0853 e. The second-order valence-corrected chi connectivity index (χ2v) is 4.83. The zero-order chi connectivity index (χ0) is 12.3. The maximum atomic E-state index is 5.57. The number of methoxy groups -OCH3 is 1. The van der Waals surface area contributed by atoms with Gasteiger partial charge in [-0.25, -0.2) is 0 Å². The Morgan fingerprint density at radius 1 is 1.47 bits per heavy atom. The van der Waals surface area contributed by atoms with Gasteiger partial charge in [0.2, 0.25) is 0 Å². The summed E-state index contributed by atoms with van der Waals surface area (Å²) in [5.41, 5.74) is 2.32. The molecule has 0 amide bonds. The number of nitrogens with zero attached hydrogens (tertiary/aromatic N) is 2. The first kappa shape index (κ1) is 12.4. The number of hydrogen-bond donors (Lipinski definition) is 1. The second-order valence-electron chi connectivity index (χ2n) is 4.83. The molecule has 4 nitrogen and oxygen atoms in total. The minimum Gasteiger partial charge on any atom is -0.379 e. The third kappa shape index (κ3) is 2.80. The van der Waals surface area contributed by atoms with Crippen molar-refractivity contribution in [3.05, 3.63) is 11.9 Å². The summed E-state index contributed by atoms with van der Waals surface area (Å²) >= 11 is 0. The van der Waals surface area contributed by atoms with Crippen molar-refractivity contribution in [2.45, 2.75) is 51.2 Å². The van der Waals surface area contributed by atoms with Gasteiger partial charge in [-0.3, -0.25) is 4.68 Å². The summed E-state index contributed by atoms with van der Waals surface area (Å²) in [5.74, 6) is 0. The minimum absolute atomic E-state index is 0.341. The van der Waals surface area contributed by atoms with Gasteiger partial charge in [0.25, 0.3) is 0 Å². The van der Waals surface area contributed by atoms with Crippen LogP contribution in [0, 0.1) is 0 Å². The number of aryl methyl sites for hydroxylation is 2. The fourth-order valence-electron chi connectivity index (χ4n) is 2.66. The summed E-state index contributed by atoms with van der Waals surface area (Å²) in [6, 6.07) is 0.434. The largest absolute Gasteiger partial charge is 0.379 e. The molecule has 4 heteroatoms. The molecule has 1 aromatic rings. The van der Waals surface area contributed by atoms with Crippen LogP contribution in [-0.4, -0.2) is 29.0 Å². The lowest BCUT2D eigenvalue weighted by Crippen LogP contribution is -2.37. The van der Waals surface area contributed by atoms with Crippen molar-refractivity contribution in [3.8, 4) is 0 Å². The van der Waals surface area contributed by atoms with Gasteiger partial charge in [0.1, 0.15) is 0 Å². The van der Waals surface area contributed by atoms with E-state index in [0.717, 1.165) is 18.5 Å². The standard InChI is InChI=1S/C13H23N3O/c1-4-10-12(9-16(2)15-10)14-11-7-5-6-8-13(11)17-3/h9,11,13-14H,4-8H2,1-3H3. The molecule has 2 atom stereocenters. The van der Waals surface area contributed by atoms with E-state index in [1.54, 1.807) is 0 Å². The molecule has 0 bridgehead atoms. The van der Waals surface area contributed by atoms with Crippen molar-refractivity contribution in [1.29, 1.82) is 0 Å². The molecule has 0 saturated heterocycles. The minimum atomic E-state index is 0.341. The van der Waals surface area contributed by atoms with Crippen LogP contribution in [0.3, 0.4) is 0 Å². The summed E-state index contributed by atoms with van der Waals surface area (Å²) in [5, 5.41) is 8.07. The average molecular weight is 237 g/mol. The molecular weight excluding hydrogens is 214 g/mol. The fraction of sp³-hybridized carbons (Fsp3) is 0.769. The zero-order valence-electron chi connectivity index (χ0n) is 11.1. The highest BCUT2D eigenvalue weighted by atomic mass is 16.5. The molecule has 1 saturated carbocycles. The van der Waals surface area contributed by atoms with Crippen LogP contribution in [0.1, 0.15) is 38.3 Å². The van der Waals surface area contributed by atoms with Gasteiger partial charge in [0.15, 0.2) is 0 Å². The first-order valence-corrected chi connectivity index (χ1v) is 6.56. The van der Waals surface area contributed by atoms with Crippen LogP contribution in [0.4, 0.5) is 5.69 Å². The van der Waals surface area contributed by atoms with Crippen molar-refractivity contribution in [2.75, 3.05) is 12.4 Å². The summed E-state index contributed by atoms with van der Waals surface area (Å²) in [4.78, 5) is 0.